The van der Waals surface area contributed by atoms with Crippen LogP contribution in [0.5, 0.6) is 5.75 Å². The zero-order valence-corrected chi connectivity index (χ0v) is 23.9. The molecular formula is C24H26ClF8N3O6S. The minimum atomic E-state index is -6.27. The number of rotatable bonds is 8. The van der Waals surface area contributed by atoms with E-state index < -0.39 is 75.2 Å². The third kappa shape index (κ3) is 8.02. The van der Waals surface area contributed by atoms with Gasteiger partial charge in [-0.05, 0) is 50.7 Å². The first-order chi connectivity index (χ1) is 19.8. The second-order valence-corrected chi connectivity index (χ2v) is 10.3. The van der Waals surface area contributed by atoms with Crippen molar-refractivity contribution in [1.82, 2.24) is 15.1 Å². The quantitative estimate of drug-likeness (QED) is 0.332. The molecule has 1 fully saturated rings. The molecule has 1 amide bonds. The number of hydrogen-bond donors (Lipinski definition) is 3. The minimum Gasteiger partial charge on any atom is -0.434 e. The maximum atomic E-state index is 13.4. The van der Waals surface area contributed by atoms with Gasteiger partial charge in [-0.2, -0.15) is 48.6 Å². The van der Waals surface area contributed by atoms with Gasteiger partial charge in [-0.25, -0.2) is 0 Å². The van der Waals surface area contributed by atoms with Crippen LogP contribution in [0.1, 0.15) is 55.6 Å². The molecule has 43 heavy (non-hydrogen) atoms. The number of amides is 1. The van der Waals surface area contributed by atoms with Crippen LogP contribution in [0.25, 0.3) is 11.3 Å². The molecule has 0 bridgehead atoms. The molecule has 2 aromatic rings. The zero-order chi connectivity index (χ0) is 33.0. The van der Waals surface area contributed by atoms with Gasteiger partial charge in [0.15, 0.2) is 5.69 Å². The average Bonchev–Trinajstić information content (AvgIpc) is 3.23. The Balaban J connectivity index is 0.00000206. The van der Waals surface area contributed by atoms with Crippen LogP contribution in [-0.4, -0.2) is 65.4 Å². The van der Waals surface area contributed by atoms with Gasteiger partial charge in [-0.1, -0.05) is 24.6 Å². The van der Waals surface area contributed by atoms with Crippen molar-refractivity contribution < 1.29 is 63.3 Å². The van der Waals surface area contributed by atoms with E-state index in [1.807, 2.05) is 6.92 Å². The van der Waals surface area contributed by atoms with Crippen molar-refractivity contribution in [3.63, 3.8) is 0 Å². The van der Waals surface area contributed by atoms with Crippen molar-refractivity contribution in [3.8, 4) is 17.0 Å². The van der Waals surface area contributed by atoms with Gasteiger partial charge in [-0.3, -0.25) is 9.48 Å². The Hall–Kier alpha value is -2.83. The topological polar surface area (TPSA) is 131 Å². The highest BCUT2D eigenvalue weighted by atomic mass is 35.5. The van der Waals surface area contributed by atoms with E-state index >= 15 is 0 Å². The van der Waals surface area contributed by atoms with Gasteiger partial charge in [0.25, 0.3) is 11.5 Å². The maximum absolute atomic E-state index is 13.4. The number of alkyl halides is 8. The number of aromatic nitrogens is 2. The molecule has 242 valence electrons. The molecular weight excluding hydrogens is 646 g/mol. The lowest BCUT2D eigenvalue weighted by molar-refractivity contribution is -0.376. The van der Waals surface area contributed by atoms with Crippen molar-refractivity contribution >= 4 is 29.1 Å². The molecule has 0 radical (unpaired) electrons. The first-order valence-corrected chi connectivity index (χ1v) is 13.4. The summed E-state index contributed by atoms with van der Waals surface area (Å²) in [6, 6.07) is 0.778. The lowest BCUT2D eigenvalue weighted by atomic mass is 9.79. The van der Waals surface area contributed by atoms with Crippen molar-refractivity contribution in [3.05, 3.63) is 34.5 Å². The van der Waals surface area contributed by atoms with Crippen LogP contribution in [0.2, 0.25) is 5.02 Å². The molecule has 9 nitrogen and oxygen atoms in total. The van der Waals surface area contributed by atoms with Gasteiger partial charge in [0.05, 0.1) is 16.3 Å². The summed E-state index contributed by atoms with van der Waals surface area (Å²) in [6.45, 7) is -0.381. The summed E-state index contributed by atoms with van der Waals surface area (Å²) in [7, 11) is 0. The molecule has 0 saturated heterocycles. The molecule has 1 aromatic carbocycles. The van der Waals surface area contributed by atoms with E-state index in [0.717, 1.165) is 17.5 Å². The number of nitrogens with zero attached hydrogens (tertiary/aromatic N) is 2. The molecule has 0 aliphatic heterocycles. The predicted octanol–water partition coefficient (Wildman–Crippen LogP) is 5.14. The fourth-order valence-electron chi connectivity index (χ4n) is 4.50. The third-order valence-corrected chi connectivity index (χ3v) is 7.24. The number of nitrogens with one attached hydrogen (secondary N) is 1. The highest BCUT2D eigenvalue weighted by Crippen LogP contribution is 2.51. The van der Waals surface area contributed by atoms with Crippen LogP contribution in [0.4, 0.5) is 35.1 Å². The van der Waals surface area contributed by atoms with Crippen LogP contribution in [0.15, 0.2) is 18.2 Å². The van der Waals surface area contributed by atoms with Gasteiger partial charge in [0.1, 0.15) is 5.75 Å². The number of carbonyl (C=O) groups is 1. The number of hydrogen-bond acceptors (Lipinski definition) is 7. The van der Waals surface area contributed by atoms with Crippen LogP contribution in [0, 0.1) is 5.92 Å². The highest BCUT2D eigenvalue weighted by Gasteiger charge is 2.71. The summed E-state index contributed by atoms with van der Waals surface area (Å²) in [6.07, 6.45) is -10.2. The van der Waals surface area contributed by atoms with E-state index in [9.17, 15) is 50.1 Å². The van der Waals surface area contributed by atoms with Crippen molar-refractivity contribution in [2.24, 2.45) is 5.92 Å². The Bertz CT molecular complexity index is 1310. The second kappa shape index (κ2) is 13.9. The van der Waals surface area contributed by atoms with Crippen LogP contribution >= 0.6 is 11.6 Å². The summed E-state index contributed by atoms with van der Waals surface area (Å²) in [5, 5.41) is 26.5. The van der Waals surface area contributed by atoms with E-state index in [1.54, 1.807) is 0 Å². The Kier molecular flexibility index (Phi) is 11.7. The highest BCUT2D eigenvalue weighted by molar-refractivity contribution is 7.51. The van der Waals surface area contributed by atoms with Crippen molar-refractivity contribution in [2.75, 3.05) is 6.54 Å². The summed E-state index contributed by atoms with van der Waals surface area (Å²) >= 11 is 5.59. The normalized spacial score (nSPS) is 19.4. The second-order valence-electron chi connectivity index (χ2n) is 9.78. The molecule has 1 heterocycles. The first kappa shape index (κ1) is 36.4. The van der Waals surface area contributed by atoms with Gasteiger partial charge in [-0.15, -0.1) is 0 Å². The van der Waals surface area contributed by atoms with Gasteiger partial charge in [0, 0.05) is 24.2 Å². The predicted molar refractivity (Wildman–Crippen MR) is 135 cm³/mol. The molecule has 0 atom stereocenters. The molecule has 1 saturated carbocycles. The summed E-state index contributed by atoms with van der Waals surface area (Å²) in [4.78, 5) is 12.9. The number of ether oxygens (including phenoxy) is 1. The van der Waals surface area contributed by atoms with Crippen LogP contribution in [0.3, 0.4) is 0 Å². The Morgan fingerprint density at radius 2 is 1.72 bits per heavy atom. The first-order valence-electron chi connectivity index (χ1n) is 12.4. The van der Waals surface area contributed by atoms with Crippen LogP contribution in [-0.2, 0) is 23.7 Å². The number of benzene rings is 1. The lowest BCUT2D eigenvalue weighted by Crippen LogP contribution is -2.53. The fourth-order valence-corrected chi connectivity index (χ4v) is 4.82. The lowest BCUT2D eigenvalue weighted by Gasteiger charge is -2.34. The Morgan fingerprint density at radius 1 is 1.19 bits per heavy atom. The molecule has 3 rings (SSSR count). The molecule has 0 unspecified atom stereocenters. The number of aryl methyl sites for hydroxylation is 1. The Morgan fingerprint density at radius 3 is 2.19 bits per heavy atom. The van der Waals surface area contributed by atoms with E-state index in [4.69, 9.17) is 20.0 Å². The number of aliphatic hydroxyl groups is 2. The minimum absolute atomic E-state index is 0.0227. The van der Waals surface area contributed by atoms with Gasteiger partial charge >= 0.3 is 30.5 Å². The SMILES string of the molecule is CCn1nc(C(=O)NCC2(O)CCC(C)CC2)c(Cl)c1-c1ccc(C(O)(C(F)(F)F)C(F)(F)F)cc1OC(F)F.O=S=O. The standard InChI is InChI=1S/C24H26ClF8N3O4.O2S/c1-3-36-18(16(25)17(35-36)19(37)34-11-21(38)8-6-12(2)7-9-21)14-5-4-13(10-15(14)40-20(26)27)22(39,23(28,29)30)24(31,32)33;1-3-2/h4-5,10,12,20,38-39H,3,6-9,11H2,1-2H3,(H,34,37);. The van der Waals surface area contributed by atoms with Crippen molar-refractivity contribution in [2.45, 2.75) is 76.2 Å². The zero-order valence-electron chi connectivity index (χ0n) is 22.4. The van der Waals surface area contributed by atoms with Gasteiger partial charge < -0.3 is 20.3 Å². The summed E-state index contributed by atoms with van der Waals surface area (Å²) in [5.41, 5.74) is -9.68. The molecule has 1 aromatic heterocycles. The summed E-state index contributed by atoms with van der Waals surface area (Å²) in [5.74, 6) is -1.64. The molecule has 1 aliphatic carbocycles. The smallest absolute Gasteiger partial charge is 0.430 e. The largest absolute Gasteiger partial charge is 0.434 e. The Labute approximate surface area is 247 Å². The average molecular weight is 672 g/mol. The van der Waals surface area contributed by atoms with Crippen molar-refractivity contribution in [1.29, 1.82) is 0 Å². The number of halogens is 9. The summed E-state index contributed by atoms with van der Waals surface area (Å²) < 4.78 is 128. The molecule has 0 spiro atoms. The van der Waals surface area contributed by atoms with E-state index in [0.29, 0.717) is 24.8 Å². The third-order valence-electron chi connectivity index (χ3n) is 6.88. The fraction of sp³-hybridized carbons (Fsp3) is 0.583. The van der Waals surface area contributed by atoms with E-state index in [2.05, 4.69) is 15.2 Å². The van der Waals surface area contributed by atoms with E-state index in [-0.39, 0.29) is 30.9 Å². The van der Waals surface area contributed by atoms with E-state index in [1.165, 1.54) is 6.92 Å². The number of carbonyl (C=O) groups excluding carboxylic acids is 1. The molecule has 1 aliphatic rings. The molecule has 19 heteroatoms. The monoisotopic (exact) mass is 671 g/mol. The molecule has 3 N–H and O–H groups in total. The maximum Gasteiger partial charge on any atom is 0.430 e. The van der Waals surface area contributed by atoms with Gasteiger partial charge in [0.2, 0.25) is 0 Å². The van der Waals surface area contributed by atoms with Crippen LogP contribution < -0.4 is 10.1 Å².